The van der Waals surface area contributed by atoms with Crippen molar-refractivity contribution in [3.05, 3.63) is 51.6 Å². The summed E-state index contributed by atoms with van der Waals surface area (Å²) in [5, 5.41) is 27.2. The van der Waals surface area contributed by atoms with Gasteiger partial charge >= 0.3 is 0 Å². The Morgan fingerprint density at radius 3 is 2.53 bits per heavy atom. The minimum absolute atomic E-state index is 0.147. The summed E-state index contributed by atoms with van der Waals surface area (Å²) in [6.07, 6.45) is 1.25. The Labute approximate surface area is 186 Å². The van der Waals surface area contributed by atoms with E-state index >= 15 is 0 Å². The molecule has 0 amide bonds. The van der Waals surface area contributed by atoms with Crippen molar-refractivity contribution in [2.75, 3.05) is 19.7 Å². The highest BCUT2D eigenvalue weighted by molar-refractivity contribution is 9.10. The summed E-state index contributed by atoms with van der Waals surface area (Å²) >= 11 is 9.15. The van der Waals surface area contributed by atoms with Gasteiger partial charge in [-0.3, -0.25) is 0 Å². The van der Waals surface area contributed by atoms with Crippen molar-refractivity contribution < 1.29 is 27.0 Å². The van der Waals surface area contributed by atoms with Crippen LogP contribution in [0, 0.1) is 11.3 Å². The maximum Gasteiger partial charge on any atom is 0.244 e. The number of nitrogens with zero attached hydrogens (tertiary/aromatic N) is 3. The summed E-state index contributed by atoms with van der Waals surface area (Å²) in [6.45, 7) is -2.26. The van der Waals surface area contributed by atoms with Crippen LogP contribution in [0.5, 0.6) is 0 Å². The summed E-state index contributed by atoms with van der Waals surface area (Å²) < 4.78 is 53.5. The number of hydrogen-bond acceptors (Lipinski definition) is 8. The molecule has 0 saturated carbocycles. The van der Waals surface area contributed by atoms with Crippen LogP contribution in [0.4, 0.5) is 0 Å². The molecule has 3 rings (SSSR count). The molecule has 1 aromatic heterocycles. The molecule has 30 heavy (non-hydrogen) atoms. The van der Waals surface area contributed by atoms with Crippen LogP contribution in [0.3, 0.4) is 0 Å². The van der Waals surface area contributed by atoms with Crippen molar-refractivity contribution in [3.8, 4) is 6.07 Å². The van der Waals surface area contributed by atoms with Crippen molar-refractivity contribution in [1.82, 2.24) is 9.29 Å². The van der Waals surface area contributed by atoms with Gasteiger partial charge < -0.3 is 10.2 Å². The van der Waals surface area contributed by atoms with E-state index in [0.29, 0.717) is 4.47 Å². The van der Waals surface area contributed by atoms with Crippen LogP contribution in [-0.2, 0) is 19.9 Å². The minimum Gasteiger partial charge on any atom is -0.393 e. The maximum absolute atomic E-state index is 13.1. The molecule has 0 bridgehead atoms. The van der Waals surface area contributed by atoms with Gasteiger partial charge in [0.25, 0.3) is 0 Å². The number of halogens is 2. The average molecular weight is 537 g/mol. The second kappa shape index (κ2) is 8.16. The highest BCUT2D eigenvalue weighted by Crippen LogP contribution is 2.35. The largest absolute Gasteiger partial charge is 0.393 e. The fraction of sp³-hybridized carbons (Fsp3) is 0.294. The first-order chi connectivity index (χ1) is 14.0. The van der Waals surface area contributed by atoms with Crippen molar-refractivity contribution in [2.24, 2.45) is 0 Å². The first-order valence-electron chi connectivity index (χ1n) is 8.34. The molecule has 160 valence electrons. The van der Waals surface area contributed by atoms with Gasteiger partial charge in [-0.15, -0.1) is 0 Å². The number of hydrogen-bond donors (Lipinski definition) is 2. The van der Waals surface area contributed by atoms with Crippen molar-refractivity contribution in [1.29, 1.82) is 5.26 Å². The third-order valence-electron chi connectivity index (χ3n) is 4.74. The minimum atomic E-state index is -4.33. The van der Waals surface area contributed by atoms with Gasteiger partial charge in [0, 0.05) is 23.8 Å². The zero-order valence-corrected chi connectivity index (χ0v) is 19.1. The zero-order chi connectivity index (χ0) is 22.3. The summed E-state index contributed by atoms with van der Waals surface area (Å²) in [4.78, 5) is 3.48. The number of aliphatic hydroxyl groups excluding tert-OH is 1. The Morgan fingerprint density at radius 1 is 1.30 bits per heavy atom. The van der Waals surface area contributed by atoms with Gasteiger partial charge in [-0.1, -0.05) is 11.6 Å². The van der Waals surface area contributed by atoms with E-state index < -0.39 is 50.4 Å². The summed E-state index contributed by atoms with van der Waals surface area (Å²) in [5.41, 5.74) is -2.10. The van der Waals surface area contributed by atoms with Crippen LogP contribution < -0.4 is 0 Å². The molecule has 2 aromatic rings. The molecule has 9 nitrogen and oxygen atoms in total. The number of benzene rings is 1. The van der Waals surface area contributed by atoms with E-state index in [1.54, 1.807) is 0 Å². The summed E-state index contributed by atoms with van der Waals surface area (Å²) in [7, 11) is -8.62. The number of rotatable bonds is 5. The number of sulfone groups is 1. The summed E-state index contributed by atoms with van der Waals surface area (Å²) in [5.74, 6) is 0. The van der Waals surface area contributed by atoms with Crippen molar-refractivity contribution >= 4 is 47.4 Å². The number of sulfonamides is 1. The molecule has 2 atom stereocenters. The molecule has 1 fully saturated rings. The van der Waals surface area contributed by atoms with E-state index in [4.69, 9.17) is 16.9 Å². The summed E-state index contributed by atoms with van der Waals surface area (Å²) in [6, 6.07) is 8.05. The standard InChI is InChI=1S/C17H15BrClN3O6S2/c18-12-2-4-16(21-7-12)29(25,26)15-8-22(9-17(15,24)10-23)30(27,28)14-3-1-11(6-20)5-13(14)19/h1-5,7,15,23-24H,8-10H2/t15-,17+/m0/s1. The zero-order valence-electron chi connectivity index (χ0n) is 15.1. The monoisotopic (exact) mass is 535 g/mol. The highest BCUT2D eigenvalue weighted by atomic mass is 79.9. The number of pyridine rings is 1. The topological polar surface area (TPSA) is 149 Å². The van der Waals surface area contributed by atoms with Crippen LogP contribution in [0.1, 0.15) is 5.56 Å². The molecule has 0 radical (unpaired) electrons. The quantitative estimate of drug-likeness (QED) is 0.573. The van der Waals surface area contributed by atoms with E-state index in [1.165, 1.54) is 30.5 Å². The lowest BCUT2D eigenvalue weighted by atomic mass is 10.1. The van der Waals surface area contributed by atoms with Crippen molar-refractivity contribution in [2.45, 2.75) is 20.8 Å². The van der Waals surface area contributed by atoms with Crippen LogP contribution in [0.15, 0.2) is 50.9 Å². The molecule has 1 aliphatic heterocycles. The van der Waals surface area contributed by atoms with Crippen LogP contribution in [-0.4, -0.2) is 66.9 Å². The molecule has 1 saturated heterocycles. The van der Waals surface area contributed by atoms with Gasteiger partial charge in [-0.2, -0.15) is 9.57 Å². The SMILES string of the molecule is N#Cc1ccc(S(=O)(=O)N2C[C@H](S(=O)(=O)c3ccc(Br)cn3)[C@](O)(CO)C2)c(Cl)c1. The van der Waals surface area contributed by atoms with Gasteiger partial charge in [0.2, 0.25) is 19.9 Å². The molecular formula is C17H15BrClN3O6S2. The lowest BCUT2D eigenvalue weighted by molar-refractivity contribution is 0.00156. The lowest BCUT2D eigenvalue weighted by Crippen LogP contribution is -2.49. The van der Waals surface area contributed by atoms with Crippen LogP contribution >= 0.6 is 27.5 Å². The molecule has 0 aliphatic carbocycles. The van der Waals surface area contributed by atoms with Gasteiger partial charge in [-0.25, -0.2) is 21.8 Å². The van der Waals surface area contributed by atoms with E-state index in [-0.39, 0.29) is 20.5 Å². The number of aromatic nitrogens is 1. The molecule has 2 N–H and O–H groups in total. The Kier molecular flexibility index (Phi) is 6.28. The number of β-amino-alcohol motifs (C(OH)–C–C–N with tert-alkyl or cyclic N) is 1. The van der Waals surface area contributed by atoms with Gasteiger partial charge in [0.15, 0.2) is 5.03 Å². The van der Waals surface area contributed by atoms with Crippen LogP contribution in [0.2, 0.25) is 5.02 Å². The number of aliphatic hydroxyl groups is 2. The molecule has 13 heteroatoms. The molecular weight excluding hydrogens is 522 g/mol. The Bertz CT molecular complexity index is 1230. The second-order valence-corrected chi connectivity index (χ2v) is 12.0. The predicted molar refractivity (Wildman–Crippen MR) is 110 cm³/mol. The third-order valence-corrected chi connectivity index (χ3v) is 9.66. The molecule has 2 heterocycles. The fourth-order valence-electron chi connectivity index (χ4n) is 3.14. The van der Waals surface area contributed by atoms with E-state index in [0.717, 1.165) is 10.4 Å². The van der Waals surface area contributed by atoms with Gasteiger partial charge in [-0.05, 0) is 46.3 Å². The van der Waals surface area contributed by atoms with Gasteiger partial charge in [0.1, 0.15) is 15.7 Å². The Hall–Kier alpha value is -1.59. The first kappa shape index (κ1) is 23.1. The van der Waals surface area contributed by atoms with Crippen molar-refractivity contribution in [3.63, 3.8) is 0 Å². The Balaban J connectivity index is 2.02. The van der Waals surface area contributed by atoms with Crippen LogP contribution in [0.25, 0.3) is 0 Å². The van der Waals surface area contributed by atoms with Gasteiger partial charge in [0.05, 0.1) is 23.3 Å². The average Bonchev–Trinajstić information content (AvgIpc) is 3.08. The number of nitriles is 1. The van der Waals surface area contributed by atoms with E-state index in [2.05, 4.69) is 20.9 Å². The first-order valence-corrected chi connectivity index (χ1v) is 12.5. The normalized spacial score (nSPS) is 22.7. The molecule has 0 spiro atoms. The molecule has 1 aromatic carbocycles. The third kappa shape index (κ3) is 3.99. The highest BCUT2D eigenvalue weighted by Gasteiger charge is 2.55. The lowest BCUT2D eigenvalue weighted by Gasteiger charge is -2.26. The predicted octanol–water partition coefficient (Wildman–Crippen LogP) is 0.939. The second-order valence-electron chi connectivity index (χ2n) is 6.66. The molecule has 1 aliphatic rings. The maximum atomic E-state index is 13.1. The Morgan fingerprint density at radius 2 is 2.00 bits per heavy atom. The smallest absolute Gasteiger partial charge is 0.244 e. The van der Waals surface area contributed by atoms with E-state index in [9.17, 15) is 27.0 Å². The van der Waals surface area contributed by atoms with E-state index in [1.807, 2.05) is 6.07 Å². The molecule has 0 unspecified atom stereocenters. The fourth-order valence-corrected chi connectivity index (χ4v) is 7.36.